The molecule has 2 aliphatic rings. The van der Waals surface area contributed by atoms with Crippen LogP contribution >= 0.6 is 24.0 Å². The fraction of sp³-hybridized carbons (Fsp3) is 0.409. The third kappa shape index (κ3) is 4.80. The number of ether oxygens (including phenoxy) is 1. The molecule has 11 heteroatoms. The summed E-state index contributed by atoms with van der Waals surface area (Å²) in [5, 5.41) is 8.96. The van der Waals surface area contributed by atoms with E-state index in [0.29, 0.717) is 24.6 Å². The Balaban J connectivity index is 1.82. The van der Waals surface area contributed by atoms with Crippen LogP contribution in [0, 0.1) is 6.92 Å². The van der Waals surface area contributed by atoms with E-state index in [1.54, 1.807) is 12.3 Å². The number of rotatable bonds is 5. The van der Waals surface area contributed by atoms with Gasteiger partial charge in [-0.15, -0.1) is 0 Å². The predicted molar refractivity (Wildman–Crippen MR) is 131 cm³/mol. The average molecular weight is 489 g/mol. The van der Waals surface area contributed by atoms with Gasteiger partial charge in [-0.25, -0.2) is 4.98 Å². The highest BCUT2D eigenvalue weighted by Crippen LogP contribution is 2.34. The van der Waals surface area contributed by atoms with E-state index in [2.05, 4.69) is 0 Å². The van der Waals surface area contributed by atoms with E-state index in [1.807, 2.05) is 31.7 Å². The molecule has 0 radical (unpaired) electrons. The largest absolute Gasteiger partial charge is 0.481 e. The molecule has 0 aliphatic carbocycles. The summed E-state index contributed by atoms with van der Waals surface area (Å²) in [6, 6.07) is 3.69. The zero-order chi connectivity index (χ0) is 23.9. The summed E-state index contributed by atoms with van der Waals surface area (Å²) in [6.45, 7) is 6.91. The molecule has 4 heterocycles. The van der Waals surface area contributed by atoms with E-state index in [1.165, 1.54) is 15.4 Å². The van der Waals surface area contributed by atoms with Gasteiger partial charge in [-0.1, -0.05) is 30.0 Å². The highest BCUT2D eigenvalue weighted by atomic mass is 32.2. The lowest BCUT2D eigenvalue weighted by Gasteiger charge is -2.36. The van der Waals surface area contributed by atoms with Crippen LogP contribution in [0.1, 0.15) is 31.4 Å². The summed E-state index contributed by atoms with van der Waals surface area (Å²) < 4.78 is 7.58. The number of aryl methyl sites for hydroxylation is 1. The summed E-state index contributed by atoms with van der Waals surface area (Å²) in [5.74, 6) is -0.936. The highest BCUT2D eigenvalue weighted by molar-refractivity contribution is 8.26. The minimum absolute atomic E-state index is 0.0170. The molecule has 0 spiro atoms. The van der Waals surface area contributed by atoms with E-state index < -0.39 is 11.9 Å². The number of aliphatic carboxylic acids is 1. The molecule has 2 atom stereocenters. The van der Waals surface area contributed by atoms with Crippen LogP contribution in [0.5, 0.6) is 0 Å². The topological polar surface area (TPSA) is 104 Å². The molecule has 2 aromatic heterocycles. The average Bonchev–Trinajstić information content (AvgIpc) is 3.00. The molecule has 174 valence electrons. The van der Waals surface area contributed by atoms with Crippen molar-refractivity contribution in [2.75, 3.05) is 24.5 Å². The number of morpholine rings is 1. The summed E-state index contributed by atoms with van der Waals surface area (Å²) in [7, 11) is 0. The van der Waals surface area contributed by atoms with Gasteiger partial charge in [0, 0.05) is 25.8 Å². The molecule has 0 saturated carbocycles. The third-order valence-corrected chi connectivity index (χ3v) is 6.78. The second kappa shape index (κ2) is 9.24. The van der Waals surface area contributed by atoms with Gasteiger partial charge in [0.1, 0.15) is 15.8 Å². The number of anilines is 1. The van der Waals surface area contributed by atoms with Crippen molar-refractivity contribution in [3.05, 3.63) is 44.7 Å². The number of pyridine rings is 1. The molecule has 2 aromatic rings. The Morgan fingerprint density at radius 3 is 2.67 bits per heavy atom. The van der Waals surface area contributed by atoms with Crippen LogP contribution in [0.25, 0.3) is 11.7 Å². The van der Waals surface area contributed by atoms with Gasteiger partial charge in [-0.3, -0.25) is 23.7 Å². The van der Waals surface area contributed by atoms with Crippen molar-refractivity contribution in [1.29, 1.82) is 0 Å². The third-order valence-electron chi connectivity index (χ3n) is 5.40. The van der Waals surface area contributed by atoms with Crippen LogP contribution in [0.2, 0.25) is 0 Å². The molecule has 9 nitrogen and oxygen atoms in total. The van der Waals surface area contributed by atoms with Gasteiger partial charge in [-0.05, 0) is 38.5 Å². The summed E-state index contributed by atoms with van der Waals surface area (Å²) >= 11 is 6.35. The van der Waals surface area contributed by atoms with Crippen LogP contribution < -0.4 is 10.5 Å². The van der Waals surface area contributed by atoms with Crippen LogP contribution in [-0.2, 0) is 14.3 Å². The Kier molecular flexibility index (Phi) is 6.55. The van der Waals surface area contributed by atoms with Crippen molar-refractivity contribution in [1.82, 2.24) is 14.3 Å². The molecule has 2 unspecified atom stereocenters. The first-order valence-corrected chi connectivity index (χ1v) is 11.8. The maximum atomic E-state index is 13.6. The number of hydrogen-bond acceptors (Lipinski definition) is 8. The molecule has 1 N–H and O–H groups in total. The summed E-state index contributed by atoms with van der Waals surface area (Å²) in [5.41, 5.74) is 1.41. The van der Waals surface area contributed by atoms with Gasteiger partial charge in [0.25, 0.3) is 11.5 Å². The Morgan fingerprint density at radius 2 is 2.00 bits per heavy atom. The number of hydrogen-bond donors (Lipinski definition) is 1. The van der Waals surface area contributed by atoms with Crippen molar-refractivity contribution >= 4 is 57.7 Å². The lowest BCUT2D eigenvalue weighted by atomic mass is 10.1. The van der Waals surface area contributed by atoms with Crippen LogP contribution in [0.4, 0.5) is 5.82 Å². The van der Waals surface area contributed by atoms with E-state index in [9.17, 15) is 14.4 Å². The number of nitrogens with zero attached hydrogens (tertiary/aromatic N) is 4. The second-order valence-electron chi connectivity index (χ2n) is 8.23. The lowest BCUT2D eigenvalue weighted by Crippen LogP contribution is -2.46. The molecule has 2 saturated heterocycles. The van der Waals surface area contributed by atoms with Crippen molar-refractivity contribution in [2.24, 2.45) is 0 Å². The monoisotopic (exact) mass is 488 g/mol. The number of thioether (sulfide) groups is 1. The number of amides is 1. The number of carbonyl (C=O) groups is 2. The summed E-state index contributed by atoms with van der Waals surface area (Å²) in [4.78, 5) is 45.8. The van der Waals surface area contributed by atoms with Crippen LogP contribution in [0.15, 0.2) is 28.0 Å². The molecule has 2 fully saturated rings. The number of thiocarbonyl (C=S) groups is 1. The minimum atomic E-state index is -1.02. The molecule has 33 heavy (non-hydrogen) atoms. The van der Waals surface area contributed by atoms with Gasteiger partial charge in [0.2, 0.25) is 0 Å². The van der Waals surface area contributed by atoms with Crippen molar-refractivity contribution in [2.45, 2.75) is 39.4 Å². The fourth-order valence-corrected chi connectivity index (χ4v) is 5.29. The van der Waals surface area contributed by atoms with E-state index >= 15 is 0 Å². The maximum Gasteiger partial charge on any atom is 0.305 e. The standard InChI is InChI=1S/C22H24N4O5S2/c1-12-4-5-17-23-19(24-10-13(2)31-14(3)11-24)15(20(29)26(17)9-12)8-16-21(30)25(22(32)33-16)7-6-18(27)28/h4-5,8-9,13-14H,6-7,10-11H2,1-3H3,(H,27,28). The molecule has 0 bridgehead atoms. The van der Waals surface area contributed by atoms with Crippen molar-refractivity contribution in [3.8, 4) is 0 Å². The Bertz CT molecular complexity index is 1230. The van der Waals surface area contributed by atoms with Gasteiger partial charge in [0.15, 0.2) is 0 Å². The van der Waals surface area contributed by atoms with Crippen molar-refractivity contribution < 1.29 is 19.4 Å². The second-order valence-corrected chi connectivity index (χ2v) is 9.90. The molecule has 1 amide bonds. The Morgan fingerprint density at radius 1 is 1.30 bits per heavy atom. The molecular formula is C22H24N4O5S2. The van der Waals surface area contributed by atoms with Gasteiger partial charge in [-0.2, -0.15) is 0 Å². The van der Waals surface area contributed by atoms with E-state index in [-0.39, 0.29) is 45.5 Å². The van der Waals surface area contributed by atoms with Gasteiger partial charge in [0.05, 0.1) is 29.1 Å². The molecule has 0 aromatic carbocycles. The number of carbonyl (C=O) groups excluding carboxylic acids is 1. The predicted octanol–water partition coefficient (Wildman–Crippen LogP) is 2.29. The quantitative estimate of drug-likeness (QED) is 0.501. The first kappa shape index (κ1) is 23.4. The molecular weight excluding hydrogens is 464 g/mol. The fourth-order valence-electron chi connectivity index (χ4n) is 4.00. The van der Waals surface area contributed by atoms with Crippen LogP contribution in [-0.4, -0.2) is 67.4 Å². The maximum absolute atomic E-state index is 13.6. The zero-order valence-corrected chi connectivity index (χ0v) is 20.1. The van der Waals surface area contributed by atoms with Gasteiger partial charge >= 0.3 is 5.97 Å². The number of aromatic nitrogens is 2. The lowest BCUT2D eigenvalue weighted by molar-refractivity contribution is -0.137. The Labute approximate surface area is 200 Å². The first-order valence-electron chi connectivity index (χ1n) is 10.5. The number of carboxylic acids is 1. The highest BCUT2D eigenvalue weighted by Gasteiger charge is 2.33. The molecule has 4 rings (SSSR count). The molecule has 2 aliphatic heterocycles. The number of fused-ring (bicyclic) bond motifs is 1. The summed E-state index contributed by atoms with van der Waals surface area (Å²) in [6.07, 6.45) is 2.94. The van der Waals surface area contributed by atoms with Gasteiger partial charge < -0.3 is 14.7 Å². The van der Waals surface area contributed by atoms with E-state index in [0.717, 1.165) is 17.3 Å². The minimum Gasteiger partial charge on any atom is -0.481 e. The zero-order valence-electron chi connectivity index (χ0n) is 18.5. The first-order chi connectivity index (χ1) is 15.6. The number of carboxylic acid groups (broad SMARTS) is 1. The van der Waals surface area contributed by atoms with E-state index in [4.69, 9.17) is 27.0 Å². The van der Waals surface area contributed by atoms with Crippen molar-refractivity contribution in [3.63, 3.8) is 0 Å². The SMILES string of the molecule is Cc1ccc2nc(N3CC(C)OC(C)C3)c(C=C3SC(=S)N(CCC(=O)O)C3=O)c(=O)n2c1. The Hall–Kier alpha value is -2.76. The van der Waals surface area contributed by atoms with Crippen LogP contribution in [0.3, 0.4) is 0 Å². The normalized spacial score (nSPS) is 22.6. The smallest absolute Gasteiger partial charge is 0.305 e.